The smallest absolute Gasteiger partial charge is 0.312 e. The van der Waals surface area contributed by atoms with Crippen molar-refractivity contribution in [1.29, 1.82) is 0 Å². The zero-order valence-corrected chi connectivity index (χ0v) is 11.0. The largest absolute Gasteiger partial charge is 0.466 e. The van der Waals surface area contributed by atoms with E-state index in [4.69, 9.17) is 19.2 Å². The van der Waals surface area contributed by atoms with Crippen molar-refractivity contribution >= 4 is 7.82 Å². The minimum absolute atomic E-state index is 0.521. The Hall–Kier alpha value is 0.0700. The summed E-state index contributed by atoms with van der Waals surface area (Å²) in [6.07, 6.45) is 8.42. The first-order valence-electron chi connectivity index (χ1n) is 5.86. The molecule has 1 aliphatic rings. The van der Waals surface area contributed by atoms with Crippen molar-refractivity contribution in [2.45, 2.75) is 57.9 Å². The average Bonchev–Trinajstić information content (AvgIpc) is 2.17. The molecule has 0 unspecified atom stereocenters. The highest BCUT2D eigenvalue weighted by atomic mass is 31.2. The van der Waals surface area contributed by atoms with Gasteiger partial charge in [0.2, 0.25) is 0 Å². The summed E-state index contributed by atoms with van der Waals surface area (Å²) in [5.41, 5.74) is 0.521. The molecule has 0 aliphatic heterocycles. The van der Waals surface area contributed by atoms with E-state index in [1.165, 1.54) is 38.5 Å². The molecule has 16 heavy (non-hydrogen) atoms. The Kier molecular flexibility index (Phi) is 7.44. The van der Waals surface area contributed by atoms with Gasteiger partial charge in [0.1, 0.15) is 0 Å². The van der Waals surface area contributed by atoms with Crippen LogP contribution in [0.1, 0.15) is 52.4 Å². The van der Waals surface area contributed by atoms with Gasteiger partial charge in [-0.1, -0.05) is 33.1 Å². The van der Waals surface area contributed by atoms with Crippen molar-refractivity contribution in [1.82, 2.24) is 5.32 Å². The van der Waals surface area contributed by atoms with Gasteiger partial charge in [0, 0.05) is 5.54 Å². The van der Waals surface area contributed by atoms with Gasteiger partial charge in [-0.3, -0.25) is 0 Å². The molecule has 0 heterocycles. The summed E-state index contributed by atoms with van der Waals surface area (Å²) < 4.78 is 8.88. The van der Waals surface area contributed by atoms with Crippen molar-refractivity contribution in [2.75, 3.05) is 6.54 Å². The topological polar surface area (TPSA) is 89.8 Å². The first-order chi connectivity index (χ1) is 7.33. The molecule has 0 bridgehead atoms. The van der Waals surface area contributed by atoms with Crippen LogP contribution in [0.5, 0.6) is 0 Å². The summed E-state index contributed by atoms with van der Waals surface area (Å²) >= 11 is 0. The molecule has 0 radical (unpaired) electrons. The van der Waals surface area contributed by atoms with Gasteiger partial charge in [0.25, 0.3) is 0 Å². The molecule has 0 aromatic rings. The van der Waals surface area contributed by atoms with E-state index >= 15 is 0 Å². The Morgan fingerprint density at radius 2 is 1.56 bits per heavy atom. The molecule has 1 aliphatic carbocycles. The predicted octanol–water partition coefficient (Wildman–Crippen LogP) is 1.78. The molecule has 0 amide bonds. The lowest BCUT2D eigenvalue weighted by atomic mass is 9.80. The molecular formula is C10H24NO4P. The van der Waals surface area contributed by atoms with Crippen molar-refractivity contribution in [3.8, 4) is 0 Å². The van der Waals surface area contributed by atoms with E-state index in [-0.39, 0.29) is 0 Å². The summed E-state index contributed by atoms with van der Waals surface area (Å²) in [5.74, 6) is 0. The van der Waals surface area contributed by atoms with Gasteiger partial charge >= 0.3 is 7.82 Å². The molecule has 0 aromatic carbocycles. The highest BCUT2D eigenvalue weighted by Gasteiger charge is 2.28. The Labute approximate surface area is 97.5 Å². The van der Waals surface area contributed by atoms with Gasteiger partial charge in [-0.2, -0.15) is 0 Å². The van der Waals surface area contributed by atoms with Crippen LogP contribution in [-0.2, 0) is 4.57 Å². The fourth-order valence-electron chi connectivity index (χ4n) is 2.26. The van der Waals surface area contributed by atoms with E-state index in [0.29, 0.717) is 5.54 Å². The molecule has 98 valence electrons. The van der Waals surface area contributed by atoms with Crippen molar-refractivity contribution in [3.63, 3.8) is 0 Å². The summed E-state index contributed by atoms with van der Waals surface area (Å²) in [7, 11) is -4.64. The molecule has 1 rings (SSSR count). The van der Waals surface area contributed by atoms with Gasteiger partial charge in [0.15, 0.2) is 0 Å². The molecule has 6 heteroatoms. The zero-order chi connectivity index (χ0) is 12.7. The van der Waals surface area contributed by atoms with Gasteiger partial charge in [-0.15, -0.1) is 0 Å². The van der Waals surface area contributed by atoms with Gasteiger partial charge in [-0.05, 0) is 25.8 Å². The van der Waals surface area contributed by atoms with Crippen LogP contribution in [0.15, 0.2) is 0 Å². The molecule has 5 nitrogen and oxygen atoms in total. The summed E-state index contributed by atoms with van der Waals surface area (Å²) in [6, 6.07) is 0. The molecule has 1 fully saturated rings. The molecular weight excluding hydrogens is 229 g/mol. The van der Waals surface area contributed by atoms with Crippen LogP contribution in [-0.4, -0.2) is 26.8 Å². The highest BCUT2D eigenvalue weighted by Crippen LogP contribution is 2.30. The number of phosphoric acid groups is 1. The molecule has 0 atom stereocenters. The Bertz CT molecular complexity index is 209. The maximum Gasteiger partial charge on any atom is 0.466 e. The standard InChI is InChI=1S/C10H21N.H3O4P/c1-3-10(11-4-2)8-6-5-7-9-10;1-5(2,3)4/h11H,3-9H2,1-2H3;(H3,1,2,3,4). The van der Waals surface area contributed by atoms with Crippen LogP contribution in [0.2, 0.25) is 0 Å². The number of hydrogen-bond donors (Lipinski definition) is 4. The lowest BCUT2D eigenvalue weighted by molar-refractivity contribution is 0.227. The van der Waals surface area contributed by atoms with Gasteiger partial charge in [-0.25, -0.2) is 4.57 Å². The second-order valence-corrected chi connectivity index (χ2v) is 5.26. The van der Waals surface area contributed by atoms with Crippen LogP contribution >= 0.6 is 7.82 Å². The van der Waals surface area contributed by atoms with Crippen molar-refractivity contribution < 1.29 is 19.2 Å². The van der Waals surface area contributed by atoms with E-state index < -0.39 is 7.82 Å². The second kappa shape index (κ2) is 7.41. The summed E-state index contributed by atoms with van der Waals surface area (Å²) in [4.78, 5) is 21.6. The lowest BCUT2D eigenvalue weighted by Gasteiger charge is -2.37. The molecule has 0 aromatic heterocycles. The monoisotopic (exact) mass is 253 g/mol. The first kappa shape index (κ1) is 16.1. The van der Waals surface area contributed by atoms with Crippen LogP contribution in [0.25, 0.3) is 0 Å². The minimum atomic E-state index is -4.64. The fourth-order valence-corrected chi connectivity index (χ4v) is 2.26. The van der Waals surface area contributed by atoms with E-state index in [1.807, 2.05) is 0 Å². The quantitative estimate of drug-likeness (QED) is 0.576. The molecule has 4 N–H and O–H groups in total. The second-order valence-electron chi connectivity index (χ2n) is 4.24. The Morgan fingerprint density at radius 1 is 1.12 bits per heavy atom. The van der Waals surface area contributed by atoms with Crippen molar-refractivity contribution in [3.05, 3.63) is 0 Å². The van der Waals surface area contributed by atoms with Crippen LogP contribution in [0.3, 0.4) is 0 Å². The van der Waals surface area contributed by atoms with E-state index in [0.717, 1.165) is 6.54 Å². The summed E-state index contributed by atoms with van der Waals surface area (Å²) in [5, 5.41) is 3.65. The van der Waals surface area contributed by atoms with Gasteiger partial charge in [0.05, 0.1) is 0 Å². The third-order valence-electron chi connectivity index (χ3n) is 3.04. The van der Waals surface area contributed by atoms with Crippen molar-refractivity contribution in [2.24, 2.45) is 0 Å². The lowest BCUT2D eigenvalue weighted by Crippen LogP contribution is -2.45. The Morgan fingerprint density at radius 3 is 1.88 bits per heavy atom. The SMILES string of the molecule is CCNC1(CC)CCCCC1.O=P(O)(O)O. The van der Waals surface area contributed by atoms with Crippen LogP contribution < -0.4 is 5.32 Å². The number of nitrogens with one attached hydrogen (secondary N) is 1. The highest BCUT2D eigenvalue weighted by molar-refractivity contribution is 7.45. The van der Waals surface area contributed by atoms with E-state index in [2.05, 4.69) is 19.2 Å². The predicted molar refractivity (Wildman–Crippen MR) is 64.0 cm³/mol. The zero-order valence-electron chi connectivity index (χ0n) is 10.1. The third-order valence-corrected chi connectivity index (χ3v) is 3.04. The van der Waals surface area contributed by atoms with Gasteiger partial charge < -0.3 is 20.0 Å². The summed E-state index contributed by atoms with van der Waals surface area (Å²) in [6.45, 7) is 5.66. The van der Waals surface area contributed by atoms with Crippen LogP contribution in [0, 0.1) is 0 Å². The molecule has 0 spiro atoms. The number of hydrogen-bond acceptors (Lipinski definition) is 2. The maximum absolute atomic E-state index is 8.88. The Balaban J connectivity index is 0.000000385. The van der Waals surface area contributed by atoms with E-state index in [9.17, 15) is 0 Å². The molecule has 1 saturated carbocycles. The molecule has 0 saturated heterocycles. The normalized spacial score (nSPS) is 19.8. The number of rotatable bonds is 3. The maximum atomic E-state index is 8.88. The first-order valence-corrected chi connectivity index (χ1v) is 7.43. The average molecular weight is 253 g/mol. The fraction of sp³-hybridized carbons (Fsp3) is 1.00. The van der Waals surface area contributed by atoms with Crippen LogP contribution in [0.4, 0.5) is 0 Å². The minimum Gasteiger partial charge on any atom is -0.312 e. The van der Waals surface area contributed by atoms with E-state index in [1.54, 1.807) is 0 Å². The third kappa shape index (κ3) is 8.25.